The third-order valence-corrected chi connectivity index (χ3v) is 15.0. The predicted molar refractivity (Wildman–Crippen MR) is 226 cm³/mol. The molecule has 1 unspecified atom stereocenters. The first-order valence-electron chi connectivity index (χ1n) is 22.0. The van der Waals surface area contributed by atoms with Crippen molar-refractivity contribution >= 4 is 35.1 Å². The van der Waals surface area contributed by atoms with Gasteiger partial charge in [-0.05, 0) is 124 Å². The highest BCUT2D eigenvalue weighted by Crippen LogP contribution is 2.63. The SMILES string of the molecule is Cc1c(NC(=O)c2nc3c(n2C)CCN(CCC24CCC(C(=O)O)(CC2)C4)C3)cccc1-c1cccc2c1CCN2C(=O)c1cc2n(n1)CCCC2NC[C@@H]1CCC(=O)N1. The van der Waals surface area contributed by atoms with Gasteiger partial charge >= 0.3 is 5.97 Å². The van der Waals surface area contributed by atoms with E-state index in [2.05, 4.69) is 33.0 Å². The average Bonchev–Trinajstić information content (AvgIpc) is 4.12. The first-order valence-corrected chi connectivity index (χ1v) is 22.0. The summed E-state index contributed by atoms with van der Waals surface area (Å²) < 4.78 is 3.91. The second kappa shape index (κ2) is 15.0. The second-order valence-electron chi connectivity index (χ2n) is 18.5. The molecule has 6 aliphatic rings. The number of aliphatic carboxylic acids is 1. The van der Waals surface area contributed by atoms with Gasteiger partial charge in [-0.25, -0.2) is 4.98 Å². The molecule has 3 fully saturated rings. The number of carbonyl (C=O) groups excluding carboxylic acids is 3. The normalized spacial score (nSPS) is 25.6. The third-order valence-electron chi connectivity index (χ3n) is 15.0. The number of anilines is 2. The number of hydrogen-bond acceptors (Lipinski definition) is 8. The Bertz CT molecular complexity index is 2410. The van der Waals surface area contributed by atoms with Crippen molar-refractivity contribution in [1.29, 1.82) is 0 Å². The number of benzene rings is 2. The molecule has 6 heterocycles. The van der Waals surface area contributed by atoms with Gasteiger partial charge in [0.2, 0.25) is 5.91 Å². The molecule has 2 bridgehead atoms. The van der Waals surface area contributed by atoms with Crippen molar-refractivity contribution in [3.8, 4) is 11.1 Å². The number of imidazole rings is 1. The molecule has 4 N–H and O–H groups in total. The van der Waals surface area contributed by atoms with E-state index in [1.165, 1.54) is 0 Å². The number of aryl methyl sites for hydroxylation is 1. The number of fused-ring (bicyclic) bond motifs is 5. The fourth-order valence-corrected chi connectivity index (χ4v) is 11.5. The maximum atomic E-state index is 14.1. The van der Waals surface area contributed by atoms with Gasteiger partial charge in [0.15, 0.2) is 11.5 Å². The molecule has 2 saturated carbocycles. The van der Waals surface area contributed by atoms with Crippen LogP contribution in [0.1, 0.15) is 120 Å². The Labute approximate surface area is 350 Å². The molecule has 2 atom stereocenters. The fraction of sp³-hybridized carbons (Fsp3) is 0.522. The number of amides is 3. The minimum absolute atomic E-state index is 0.0792. The monoisotopic (exact) mass is 813 g/mol. The van der Waals surface area contributed by atoms with Gasteiger partial charge in [0.05, 0.1) is 16.8 Å². The van der Waals surface area contributed by atoms with Crippen LogP contribution in [0.2, 0.25) is 0 Å². The molecule has 0 spiro atoms. The van der Waals surface area contributed by atoms with E-state index >= 15 is 0 Å². The van der Waals surface area contributed by atoms with Crippen molar-refractivity contribution in [2.24, 2.45) is 17.9 Å². The molecule has 314 valence electrons. The molecule has 2 aromatic heterocycles. The van der Waals surface area contributed by atoms with Crippen LogP contribution in [0.3, 0.4) is 0 Å². The number of hydrogen-bond donors (Lipinski definition) is 4. The summed E-state index contributed by atoms with van der Waals surface area (Å²) >= 11 is 0. The lowest BCUT2D eigenvalue weighted by Crippen LogP contribution is -2.38. The summed E-state index contributed by atoms with van der Waals surface area (Å²) in [7, 11) is 1.93. The Kier molecular flexibility index (Phi) is 9.70. The van der Waals surface area contributed by atoms with E-state index in [9.17, 15) is 24.3 Å². The Hall–Kier alpha value is -5.34. The standard InChI is InChI=1S/C46H55N9O5/c1-28-30(31-7-4-10-37-32(31)13-22-54(37)43(58)35-24-39-34(9-5-20-55(39)51-35)47-25-29-11-12-40(56)48-29)6-3-8-33(28)50-42(57)41-49-36-26-53(21-14-38(36)52(41)2)23-19-45-15-17-46(27-45,18-16-45)44(59)60/h3-4,6-8,10,24,29,34,47H,5,9,11-23,25-27H2,1-2H3,(H,48,56)(H,50,57)(H,59,60)/t29-,34?,45?,46?/m0/s1. The average molecular weight is 814 g/mol. The lowest BCUT2D eigenvalue weighted by molar-refractivity contribution is -0.148. The molecule has 2 aliphatic carbocycles. The zero-order valence-corrected chi connectivity index (χ0v) is 34.7. The van der Waals surface area contributed by atoms with Crippen LogP contribution >= 0.6 is 0 Å². The summed E-state index contributed by atoms with van der Waals surface area (Å²) in [4.78, 5) is 60.9. The molecule has 1 saturated heterocycles. The van der Waals surface area contributed by atoms with Gasteiger partial charge in [0, 0.05) is 81.8 Å². The molecular weight excluding hydrogens is 759 g/mol. The van der Waals surface area contributed by atoms with Crippen molar-refractivity contribution in [3.63, 3.8) is 0 Å². The highest BCUT2D eigenvalue weighted by atomic mass is 16.4. The summed E-state index contributed by atoms with van der Waals surface area (Å²) in [5, 5.41) is 24.5. The number of carbonyl (C=O) groups is 4. The fourth-order valence-electron chi connectivity index (χ4n) is 11.5. The second-order valence-corrected chi connectivity index (χ2v) is 18.5. The van der Waals surface area contributed by atoms with E-state index in [0.29, 0.717) is 44.0 Å². The predicted octanol–water partition coefficient (Wildman–Crippen LogP) is 5.53. The topological polar surface area (TPSA) is 167 Å². The lowest BCUT2D eigenvalue weighted by atomic mass is 9.80. The van der Waals surface area contributed by atoms with E-state index in [0.717, 1.165) is 135 Å². The van der Waals surface area contributed by atoms with Crippen LogP contribution in [0.5, 0.6) is 0 Å². The van der Waals surface area contributed by atoms with Crippen molar-refractivity contribution in [2.75, 3.05) is 36.4 Å². The highest BCUT2D eigenvalue weighted by Gasteiger charge is 2.57. The Balaban J connectivity index is 0.814. The van der Waals surface area contributed by atoms with Crippen LogP contribution in [0, 0.1) is 17.8 Å². The van der Waals surface area contributed by atoms with Gasteiger partial charge < -0.3 is 30.5 Å². The van der Waals surface area contributed by atoms with Gasteiger partial charge in [-0.3, -0.25) is 28.8 Å². The number of nitrogens with one attached hydrogen (secondary N) is 3. The van der Waals surface area contributed by atoms with E-state index < -0.39 is 11.4 Å². The minimum Gasteiger partial charge on any atom is -0.481 e. The van der Waals surface area contributed by atoms with E-state index in [4.69, 9.17) is 10.1 Å². The largest absolute Gasteiger partial charge is 0.481 e. The van der Waals surface area contributed by atoms with Crippen molar-refractivity contribution in [2.45, 2.75) is 109 Å². The number of carboxylic acid groups (broad SMARTS) is 1. The number of aromatic nitrogens is 4. The molecule has 14 heteroatoms. The van der Waals surface area contributed by atoms with Crippen LogP contribution in [0.15, 0.2) is 42.5 Å². The van der Waals surface area contributed by atoms with Crippen LogP contribution in [-0.4, -0.2) is 85.2 Å². The van der Waals surface area contributed by atoms with Gasteiger partial charge in [-0.15, -0.1) is 0 Å². The van der Waals surface area contributed by atoms with Crippen LogP contribution in [-0.2, 0) is 42.6 Å². The van der Waals surface area contributed by atoms with E-state index in [1.807, 2.05) is 58.5 Å². The Morgan fingerprint density at radius 1 is 0.983 bits per heavy atom. The maximum absolute atomic E-state index is 14.1. The van der Waals surface area contributed by atoms with E-state index in [-0.39, 0.29) is 35.2 Å². The summed E-state index contributed by atoms with van der Waals surface area (Å²) in [5.41, 5.74) is 8.84. The quantitative estimate of drug-likeness (QED) is 0.152. The zero-order chi connectivity index (χ0) is 41.3. The Morgan fingerprint density at radius 3 is 2.58 bits per heavy atom. The molecule has 2 aromatic carbocycles. The lowest BCUT2D eigenvalue weighted by Gasteiger charge is -2.32. The molecule has 4 aromatic rings. The molecule has 3 amide bonds. The van der Waals surface area contributed by atoms with E-state index in [1.54, 1.807) is 0 Å². The Morgan fingerprint density at radius 2 is 1.80 bits per heavy atom. The number of nitrogens with zero attached hydrogens (tertiary/aromatic N) is 6. The maximum Gasteiger partial charge on any atom is 0.309 e. The smallest absolute Gasteiger partial charge is 0.309 e. The first kappa shape index (κ1) is 38.8. The third kappa shape index (κ3) is 6.72. The first-order chi connectivity index (χ1) is 29.0. The molecule has 0 radical (unpaired) electrons. The van der Waals surface area contributed by atoms with Crippen molar-refractivity contribution in [1.82, 2.24) is 34.9 Å². The van der Waals surface area contributed by atoms with Crippen LogP contribution in [0.25, 0.3) is 11.1 Å². The van der Waals surface area contributed by atoms with Crippen molar-refractivity contribution in [3.05, 3.63) is 82.2 Å². The molecule has 60 heavy (non-hydrogen) atoms. The van der Waals surface area contributed by atoms with Gasteiger partial charge in [-0.2, -0.15) is 5.10 Å². The molecular formula is C46H55N9O5. The summed E-state index contributed by atoms with van der Waals surface area (Å²) in [6.07, 6.45) is 10.3. The van der Waals surface area contributed by atoms with Gasteiger partial charge in [-0.1, -0.05) is 24.3 Å². The molecule has 10 rings (SSSR count). The van der Waals surface area contributed by atoms with Gasteiger partial charge in [0.25, 0.3) is 11.8 Å². The highest BCUT2D eigenvalue weighted by molar-refractivity contribution is 6.07. The van der Waals surface area contributed by atoms with Crippen molar-refractivity contribution < 1.29 is 24.3 Å². The van der Waals surface area contributed by atoms with Crippen LogP contribution in [0.4, 0.5) is 11.4 Å². The summed E-state index contributed by atoms with van der Waals surface area (Å²) in [6.45, 7) is 6.55. The minimum atomic E-state index is -0.615. The summed E-state index contributed by atoms with van der Waals surface area (Å²) in [6, 6.07) is 14.2. The van der Waals surface area contributed by atoms with Gasteiger partial charge in [0.1, 0.15) is 0 Å². The zero-order valence-electron chi connectivity index (χ0n) is 34.7. The molecule has 14 nitrogen and oxygen atoms in total. The number of rotatable bonds is 11. The summed E-state index contributed by atoms with van der Waals surface area (Å²) in [5.74, 6) is -0.474. The van der Waals surface area contributed by atoms with Crippen LogP contribution < -0.4 is 20.9 Å². The number of carboxylic acids is 1. The molecule has 4 aliphatic heterocycles.